The first-order valence-corrected chi connectivity index (χ1v) is 9.49. The number of rotatable bonds is 5. The van der Waals surface area contributed by atoms with Crippen LogP contribution in [-0.4, -0.2) is 61.0 Å². The fraction of sp³-hybridized carbons (Fsp3) is 0.619. The number of fused-ring (bicyclic) bond motifs is 3. The van der Waals surface area contributed by atoms with E-state index >= 15 is 0 Å². The molecule has 160 valence electrons. The standard InChI is InChI=1S/C21H28O8/c1-12(2)17(22)27-15-10-20(4,24)21(26-6)8-7-19(3,29-21)9-14-16(15)13(11-25-5)18(23)28-14/h9,15,24H,1,7-8,10-11H2,2-6H3. The summed E-state index contributed by atoms with van der Waals surface area (Å²) in [7, 11) is 2.92. The van der Waals surface area contributed by atoms with E-state index in [0.717, 1.165) is 0 Å². The fourth-order valence-corrected chi connectivity index (χ4v) is 4.18. The summed E-state index contributed by atoms with van der Waals surface area (Å²) in [6, 6.07) is 0. The number of hydrogen-bond donors (Lipinski definition) is 1. The molecule has 0 aromatic carbocycles. The SMILES string of the molecule is C=C(C)C(=O)OC1CC(C)(O)C2(OC)CCC(C)(C=C3OC(=O)C(COC)=C31)O2. The second-order valence-corrected chi connectivity index (χ2v) is 8.25. The molecule has 1 saturated heterocycles. The number of hydrogen-bond acceptors (Lipinski definition) is 8. The molecule has 3 aliphatic heterocycles. The van der Waals surface area contributed by atoms with E-state index in [9.17, 15) is 14.7 Å². The Morgan fingerprint density at radius 2 is 2.03 bits per heavy atom. The van der Waals surface area contributed by atoms with Crippen LogP contribution in [0, 0.1) is 0 Å². The first-order chi connectivity index (χ1) is 13.5. The van der Waals surface area contributed by atoms with Crippen LogP contribution in [0.25, 0.3) is 0 Å². The van der Waals surface area contributed by atoms with E-state index in [1.165, 1.54) is 21.1 Å². The van der Waals surface area contributed by atoms with Gasteiger partial charge in [-0.25, -0.2) is 9.59 Å². The predicted molar refractivity (Wildman–Crippen MR) is 101 cm³/mol. The molecule has 0 aliphatic carbocycles. The van der Waals surface area contributed by atoms with Gasteiger partial charge in [-0.3, -0.25) is 0 Å². The Morgan fingerprint density at radius 3 is 2.62 bits per heavy atom. The van der Waals surface area contributed by atoms with Crippen molar-refractivity contribution in [3.05, 3.63) is 35.1 Å². The molecular weight excluding hydrogens is 380 g/mol. The third-order valence-electron chi connectivity index (χ3n) is 5.77. The predicted octanol–water partition coefficient (Wildman–Crippen LogP) is 1.92. The van der Waals surface area contributed by atoms with E-state index in [2.05, 4.69) is 6.58 Å². The highest BCUT2D eigenvalue weighted by molar-refractivity contribution is 5.95. The van der Waals surface area contributed by atoms with Gasteiger partial charge in [0.1, 0.15) is 17.5 Å². The summed E-state index contributed by atoms with van der Waals surface area (Å²) < 4.78 is 28.2. The molecule has 3 aliphatic rings. The van der Waals surface area contributed by atoms with E-state index in [1.807, 2.05) is 6.92 Å². The summed E-state index contributed by atoms with van der Waals surface area (Å²) in [5.41, 5.74) is -1.59. The smallest absolute Gasteiger partial charge is 0.342 e. The third-order valence-corrected chi connectivity index (χ3v) is 5.77. The van der Waals surface area contributed by atoms with Crippen LogP contribution in [-0.2, 0) is 33.3 Å². The largest absolute Gasteiger partial charge is 0.454 e. The minimum atomic E-state index is -1.54. The topological polar surface area (TPSA) is 101 Å². The van der Waals surface area contributed by atoms with E-state index in [4.69, 9.17) is 23.7 Å². The molecule has 0 saturated carbocycles. The molecule has 0 spiro atoms. The first-order valence-electron chi connectivity index (χ1n) is 9.49. The van der Waals surface area contributed by atoms with Crippen molar-refractivity contribution in [2.75, 3.05) is 20.8 Å². The maximum Gasteiger partial charge on any atom is 0.342 e. The monoisotopic (exact) mass is 408 g/mol. The Bertz CT molecular complexity index is 807. The van der Waals surface area contributed by atoms with Gasteiger partial charge in [-0.1, -0.05) is 6.58 Å². The molecule has 0 radical (unpaired) electrons. The first kappa shape index (κ1) is 21.7. The quantitative estimate of drug-likeness (QED) is 0.544. The highest BCUT2D eigenvalue weighted by Crippen LogP contribution is 2.50. The highest BCUT2D eigenvalue weighted by atomic mass is 16.7. The van der Waals surface area contributed by atoms with Gasteiger partial charge in [-0.2, -0.15) is 0 Å². The Balaban J connectivity index is 2.20. The molecule has 4 atom stereocenters. The molecule has 4 unspecified atom stereocenters. The van der Waals surface area contributed by atoms with Gasteiger partial charge in [0.25, 0.3) is 0 Å². The van der Waals surface area contributed by atoms with Crippen LogP contribution in [0.2, 0.25) is 0 Å². The number of methoxy groups -OCH3 is 2. The minimum Gasteiger partial charge on any atom is -0.454 e. The second-order valence-electron chi connectivity index (χ2n) is 8.25. The van der Waals surface area contributed by atoms with Gasteiger partial charge in [0.05, 0.1) is 17.8 Å². The summed E-state index contributed by atoms with van der Waals surface area (Å²) in [4.78, 5) is 24.9. The zero-order valence-corrected chi connectivity index (χ0v) is 17.5. The van der Waals surface area contributed by atoms with Crippen molar-refractivity contribution in [3.8, 4) is 0 Å². The van der Waals surface area contributed by atoms with Crippen LogP contribution in [0.3, 0.4) is 0 Å². The summed E-state index contributed by atoms with van der Waals surface area (Å²) in [5.74, 6) is -2.29. The van der Waals surface area contributed by atoms with Crippen molar-refractivity contribution in [1.29, 1.82) is 0 Å². The average molecular weight is 408 g/mol. The number of carbonyl (C=O) groups is 2. The molecule has 0 amide bonds. The zero-order valence-electron chi connectivity index (χ0n) is 17.5. The van der Waals surface area contributed by atoms with Crippen molar-refractivity contribution < 1.29 is 38.4 Å². The van der Waals surface area contributed by atoms with E-state index in [1.54, 1.807) is 13.0 Å². The summed E-state index contributed by atoms with van der Waals surface area (Å²) in [5, 5.41) is 11.4. The lowest BCUT2D eigenvalue weighted by Gasteiger charge is -2.42. The second kappa shape index (κ2) is 7.36. The van der Waals surface area contributed by atoms with Gasteiger partial charge >= 0.3 is 11.9 Å². The molecule has 3 rings (SSSR count). The maximum absolute atomic E-state index is 12.5. The lowest BCUT2D eigenvalue weighted by Crippen LogP contribution is -2.56. The zero-order chi connectivity index (χ0) is 21.6. The molecule has 8 heteroatoms. The maximum atomic E-state index is 12.5. The van der Waals surface area contributed by atoms with Crippen molar-refractivity contribution in [1.82, 2.24) is 0 Å². The summed E-state index contributed by atoms with van der Waals surface area (Å²) >= 11 is 0. The van der Waals surface area contributed by atoms with Crippen LogP contribution in [0.5, 0.6) is 0 Å². The molecule has 1 fully saturated rings. The minimum absolute atomic E-state index is 0.0260. The Labute approximate surface area is 170 Å². The molecule has 0 aromatic heterocycles. The van der Waals surface area contributed by atoms with Crippen LogP contribution in [0.4, 0.5) is 0 Å². The van der Waals surface area contributed by atoms with Crippen molar-refractivity contribution in [3.63, 3.8) is 0 Å². The van der Waals surface area contributed by atoms with E-state index < -0.39 is 35.0 Å². The van der Waals surface area contributed by atoms with Crippen LogP contribution in [0.15, 0.2) is 35.1 Å². The third kappa shape index (κ3) is 3.66. The fourth-order valence-electron chi connectivity index (χ4n) is 4.18. The molecular formula is C21H28O8. The van der Waals surface area contributed by atoms with Crippen LogP contribution in [0.1, 0.15) is 40.0 Å². The Hall–Kier alpha value is -2.00. The number of carbonyl (C=O) groups excluding carboxylic acids is 2. The Morgan fingerprint density at radius 1 is 1.34 bits per heavy atom. The molecule has 29 heavy (non-hydrogen) atoms. The normalized spacial score (nSPS) is 36.6. The average Bonchev–Trinajstić information content (AvgIpc) is 3.13. The van der Waals surface area contributed by atoms with E-state index in [0.29, 0.717) is 18.4 Å². The van der Waals surface area contributed by atoms with Crippen molar-refractivity contribution in [2.45, 2.75) is 63.1 Å². The molecule has 3 heterocycles. The molecule has 0 aromatic rings. The summed E-state index contributed by atoms with van der Waals surface area (Å²) in [6.45, 7) is 8.51. The van der Waals surface area contributed by atoms with Gasteiger partial charge in [-0.15, -0.1) is 0 Å². The number of ether oxygens (including phenoxy) is 5. The van der Waals surface area contributed by atoms with Crippen LogP contribution < -0.4 is 0 Å². The van der Waals surface area contributed by atoms with E-state index in [-0.39, 0.29) is 29.9 Å². The van der Waals surface area contributed by atoms with Gasteiger partial charge < -0.3 is 28.8 Å². The van der Waals surface area contributed by atoms with Gasteiger partial charge in [-0.05, 0) is 33.3 Å². The number of esters is 2. The summed E-state index contributed by atoms with van der Waals surface area (Å²) in [6.07, 6.45) is 1.58. The molecule has 1 N–H and O–H groups in total. The van der Waals surface area contributed by atoms with Gasteiger partial charge in [0.15, 0.2) is 5.79 Å². The lowest BCUT2D eigenvalue weighted by molar-refractivity contribution is -0.310. The lowest BCUT2D eigenvalue weighted by atomic mass is 9.82. The highest BCUT2D eigenvalue weighted by Gasteiger charge is 2.60. The molecule has 8 nitrogen and oxygen atoms in total. The molecule has 2 bridgehead atoms. The number of aliphatic hydroxyl groups is 1. The van der Waals surface area contributed by atoms with Crippen LogP contribution >= 0.6 is 0 Å². The van der Waals surface area contributed by atoms with Gasteiger partial charge in [0.2, 0.25) is 0 Å². The van der Waals surface area contributed by atoms with Gasteiger partial charge in [0, 0.05) is 38.2 Å². The Kier molecular flexibility index (Phi) is 5.51. The van der Waals surface area contributed by atoms with Crippen molar-refractivity contribution >= 4 is 11.9 Å². The van der Waals surface area contributed by atoms with Crippen molar-refractivity contribution in [2.24, 2.45) is 0 Å².